The average molecular weight is 266 g/mol. The molecule has 0 aromatic carbocycles. The summed E-state index contributed by atoms with van der Waals surface area (Å²) in [5.74, 6) is 0.273. The van der Waals surface area contributed by atoms with E-state index in [9.17, 15) is 9.59 Å². The topological polar surface area (TPSA) is 49.4 Å². The second-order valence-electron chi connectivity index (χ2n) is 5.10. The lowest BCUT2D eigenvalue weighted by Gasteiger charge is -2.20. The van der Waals surface area contributed by atoms with Gasteiger partial charge in [0, 0.05) is 31.6 Å². The third-order valence-electron chi connectivity index (χ3n) is 3.43. The molecule has 108 valence electrons. The van der Waals surface area contributed by atoms with Gasteiger partial charge < -0.3 is 10.2 Å². The molecular weight excluding hydrogens is 240 g/mol. The zero-order valence-corrected chi connectivity index (χ0v) is 12.2. The molecule has 0 unspecified atom stereocenters. The Labute approximate surface area is 116 Å². The summed E-state index contributed by atoms with van der Waals surface area (Å²) in [6.45, 7) is 6.12. The van der Waals surface area contributed by atoms with Crippen molar-refractivity contribution in [2.75, 3.05) is 19.6 Å². The molecule has 0 aliphatic carbocycles. The molecule has 0 spiro atoms. The van der Waals surface area contributed by atoms with Crippen LogP contribution in [0.15, 0.2) is 11.6 Å². The molecule has 0 aromatic rings. The van der Waals surface area contributed by atoms with E-state index in [4.69, 9.17) is 0 Å². The predicted molar refractivity (Wildman–Crippen MR) is 76.7 cm³/mol. The quantitative estimate of drug-likeness (QED) is 0.592. The summed E-state index contributed by atoms with van der Waals surface area (Å²) in [4.78, 5) is 25.3. The van der Waals surface area contributed by atoms with E-state index >= 15 is 0 Å². The maximum Gasteiger partial charge on any atom is 0.246 e. The Bertz CT molecular complexity index is 337. The molecule has 2 amide bonds. The van der Waals surface area contributed by atoms with Crippen LogP contribution in [0.2, 0.25) is 0 Å². The first-order valence-corrected chi connectivity index (χ1v) is 7.38. The third kappa shape index (κ3) is 5.90. The molecule has 4 nitrogen and oxygen atoms in total. The van der Waals surface area contributed by atoms with Crippen LogP contribution in [0.5, 0.6) is 0 Å². The standard InChI is InChI=1S/C15H26N2O2/c1-3-8-13(2)15(19)16-10-7-12-17-11-6-4-5-9-14(17)18/h8H,3-7,9-12H2,1-2H3,(H,16,19)/b13-8-. The van der Waals surface area contributed by atoms with Gasteiger partial charge in [-0.2, -0.15) is 0 Å². The number of rotatable bonds is 6. The second kappa shape index (κ2) is 8.73. The Morgan fingerprint density at radius 1 is 1.37 bits per heavy atom. The summed E-state index contributed by atoms with van der Waals surface area (Å²) in [5.41, 5.74) is 0.772. The maximum absolute atomic E-state index is 11.8. The monoisotopic (exact) mass is 266 g/mol. The third-order valence-corrected chi connectivity index (χ3v) is 3.43. The average Bonchev–Trinajstić information content (AvgIpc) is 2.59. The van der Waals surface area contributed by atoms with Crippen molar-refractivity contribution in [1.82, 2.24) is 10.2 Å². The van der Waals surface area contributed by atoms with Gasteiger partial charge in [0.1, 0.15) is 0 Å². The first-order chi connectivity index (χ1) is 9.15. The first kappa shape index (κ1) is 15.7. The van der Waals surface area contributed by atoms with Crippen molar-refractivity contribution >= 4 is 11.8 Å². The highest BCUT2D eigenvalue weighted by atomic mass is 16.2. The lowest BCUT2D eigenvalue weighted by atomic mass is 10.2. The number of nitrogens with one attached hydrogen (secondary N) is 1. The van der Waals surface area contributed by atoms with E-state index in [1.165, 1.54) is 0 Å². The minimum absolute atomic E-state index is 0.00374. The van der Waals surface area contributed by atoms with Crippen molar-refractivity contribution in [3.05, 3.63) is 11.6 Å². The molecule has 19 heavy (non-hydrogen) atoms. The molecule has 0 atom stereocenters. The summed E-state index contributed by atoms with van der Waals surface area (Å²) >= 11 is 0. The fraction of sp³-hybridized carbons (Fsp3) is 0.733. The van der Waals surface area contributed by atoms with E-state index in [0.29, 0.717) is 13.0 Å². The van der Waals surface area contributed by atoms with E-state index in [0.717, 1.165) is 50.8 Å². The normalized spacial score (nSPS) is 17.3. The van der Waals surface area contributed by atoms with Gasteiger partial charge in [-0.3, -0.25) is 9.59 Å². The van der Waals surface area contributed by atoms with Gasteiger partial charge in [-0.25, -0.2) is 0 Å². The van der Waals surface area contributed by atoms with Crippen LogP contribution in [-0.2, 0) is 9.59 Å². The Kier molecular flexibility index (Phi) is 7.23. The molecule has 1 N–H and O–H groups in total. The van der Waals surface area contributed by atoms with Gasteiger partial charge in [0.05, 0.1) is 0 Å². The van der Waals surface area contributed by atoms with E-state index in [1.54, 1.807) is 0 Å². The molecule has 0 aromatic heterocycles. The predicted octanol–water partition coefficient (Wildman–Crippen LogP) is 2.25. The van der Waals surface area contributed by atoms with E-state index in [-0.39, 0.29) is 11.8 Å². The molecule has 0 saturated carbocycles. The summed E-state index contributed by atoms with van der Waals surface area (Å²) in [6, 6.07) is 0. The van der Waals surface area contributed by atoms with Crippen molar-refractivity contribution in [3.63, 3.8) is 0 Å². The van der Waals surface area contributed by atoms with Crippen LogP contribution in [0.25, 0.3) is 0 Å². The molecule has 1 fully saturated rings. The van der Waals surface area contributed by atoms with Gasteiger partial charge in [-0.15, -0.1) is 0 Å². The Balaban J connectivity index is 2.21. The fourth-order valence-electron chi connectivity index (χ4n) is 2.29. The van der Waals surface area contributed by atoms with Crippen LogP contribution in [0.3, 0.4) is 0 Å². The number of amides is 2. The van der Waals surface area contributed by atoms with Crippen LogP contribution in [0, 0.1) is 0 Å². The maximum atomic E-state index is 11.8. The van der Waals surface area contributed by atoms with Crippen LogP contribution >= 0.6 is 0 Å². The van der Waals surface area contributed by atoms with Crippen molar-refractivity contribution < 1.29 is 9.59 Å². The smallest absolute Gasteiger partial charge is 0.246 e. The van der Waals surface area contributed by atoms with Crippen LogP contribution < -0.4 is 5.32 Å². The molecule has 1 rings (SSSR count). The Morgan fingerprint density at radius 2 is 2.16 bits per heavy atom. The van der Waals surface area contributed by atoms with Crippen molar-refractivity contribution in [3.8, 4) is 0 Å². The van der Waals surface area contributed by atoms with Crippen molar-refractivity contribution in [2.24, 2.45) is 0 Å². The first-order valence-electron chi connectivity index (χ1n) is 7.38. The van der Waals surface area contributed by atoms with Gasteiger partial charge >= 0.3 is 0 Å². The van der Waals surface area contributed by atoms with Crippen molar-refractivity contribution in [1.29, 1.82) is 0 Å². The molecule has 1 heterocycles. The van der Waals surface area contributed by atoms with Crippen molar-refractivity contribution in [2.45, 2.75) is 52.4 Å². The van der Waals surface area contributed by atoms with E-state index < -0.39 is 0 Å². The van der Waals surface area contributed by atoms with E-state index in [1.807, 2.05) is 24.8 Å². The highest BCUT2D eigenvalue weighted by Gasteiger charge is 2.15. The van der Waals surface area contributed by atoms with Gasteiger partial charge in [0.2, 0.25) is 11.8 Å². The summed E-state index contributed by atoms with van der Waals surface area (Å²) in [6.07, 6.45) is 7.60. The molecule has 1 aliphatic rings. The number of allylic oxidation sites excluding steroid dienone is 1. The fourth-order valence-corrected chi connectivity index (χ4v) is 2.29. The molecule has 4 heteroatoms. The van der Waals surface area contributed by atoms with Gasteiger partial charge in [0.15, 0.2) is 0 Å². The zero-order chi connectivity index (χ0) is 14.1. The van der Waals surface area contributed by atoms with Gasteiger partial charge in [-0.1, -0.05) is 19.4 Å². The lowest BCUT2D eigenvalue weighted by molar-refractivity contribution is -0.130. The number of likely N-dealkylation sites (tertiary alicyclic amines) is 1. The number of hydrogen-bond donors (Lipinski definition) is 1. The highest BCUT2D eigenvalue weighted by Crippen LogP contribution is 2.11. The number of nitrogens with zero attached hydrogens (tertiary/aromatic N) is 1. The minimum atomic E-state index is 0.00374. The Morgan fingerprint density at radius 3 is 2.89 bits per heavy atom. The molecule has 1 aliphatic heterocycles. The molecular formula is C15H26N2O2. The van der Waals surface area contributed by atoms with Crippen LogP contribution in [-0.4, -0.2) is 36.3 Å². The van der Waals surface area contributed by atoms with Crippen LogP contribution in [0.1, 0.15) is 52.4 Å². The Hall–Kier alpha value is -1.32. The summed E-state index contributed by atoms with van der Waals surface area (Å²) in [7, 11) is 0. The highest BCUT2D eigenvalue weighted by molar-refractivity contribution is 5.92. The SMILES string of the molecule is CC/C=C(/C)C(=O)NCCCN1CCCCCC1=O. The zero-order valence-electron chi connectivity index (χ0n) is 12.2. The summed E-state index contributed by atoms with van der Waals surface area (Å²) < 4.78 is 0. The van der Waals surface area contributed by atoms with E-state index in [2.05, 4.69) is 5.32 Å². The van der Waals surface area contributed by atoms with Gasteiger partial charge in [0.25, 0.3) is 0 Å². The number of carbonyl (C=O) groups is 2. The summed E-state index contributed by atoms with van der Waals surface area (Å²) in [5, 5.41) is 2.89. The molecule has 0 radical (unpaired) electrons. The molecule has 1 saturated heterocycles. The van der Waals surface area contributed by atoms with Crippen LogP contribution in [0.4, 0.5) is 0 Å². The molecule has 0 bridgehead atoms. The lowest BCUT2D eigenvalue weighted by Crippen LogP contribution is -2.34. The minimum Gasteiger partial charge on any atom is -0.352 e. The number of hydrogen-bond acceptors (Lipinski definition) is 2. The number of carbonyl (C=O) groups excluding carboxylic acids is 2. The van der Waals surface area contributed by atoms with Gasteiger partial charge in [-0.05, 0) is 32.6 Å². The second-order valence-corrected chi connectivity index (χ2v) is 5.10. The largest absolute Gasteiger partial charge is 0.352 e.